The first-order chi connectivity index (χ1) is 16.1. The lowest BCUT2D eigenvalue weighted by Crippen LogP contribution is -1.94. The van der Waals surface area contributed by atoms with Gasteiger partial charge in [0.05, 0.1) is 11.0 Å². The normalized spacial score (nSPS) is 10.4. The summed E-state index contributed by atoms with van der Waals surface area (Å²) in [6.07, 6.45) is 0. The van der Waals surface area contributed by atoms with Gasteiger partial charge in [0.1, 0.15) is 0 Å². The van der Waals surface area contributed by atoms with Crippen molar-refractivity contribution in [3.05, 3.63) is 113 Å². The van der Waals surface area contributed by atoms with Crippen molar-refractivity contribution in [1.29, 1.82) is 0 Å². The minimum absolute atomic E-state index is 0.393. The van der Waals surface area contributed by atoms with Gasteiger partial charge in [-0.1, -0.05) is 53.3 Å². The van der Waals surface area contributed by atoms with Gasteiger partial charge in [-0.2, -0.15) is 0 Å². The third-order valence-electron chi connectivity index (χ3n) is 5.62. The molecule has 2 heteroatoms. The Morgan fingerprint density at radius 3 is 1.70 bits per heavy atom. The van der Waals surface area contributed by atoms with Crippen molar-refractivity contribution in [3.63, 3.8) is 0 Å². The van der Waals surface area contributed by atoms with Gasteiger partial charge in [0.2, 0.25) is 0 Å². The zero-order valence-electron chi connectivity index (χ0n) is 18.5. The Labute approximate surface area is 193 Å². The van der Waals surface area contributed by atoms with E-state index in [2.05, 4.69) is 78.5 Å². The van der Waals surface area contributed by atoms with Crippen LogP contribution in [0.3, 0.4) is 0 Å². The van der Waals surface area contributed by atoms with Gasteiger partial charge in [-0.3, -0.25) is 4.79 Å². The number of hydrogen-bond acceptors (Lipinski definition) is 1. The van der Waals surface area contributed by atoms with Crippen LogP contribution in [0.25, 0.3) is 27.5 Å². The largest absolute Gasteiger partial charge is 0.309 e. The first kappa shape index (κ1) is 20.4. The predicted molar refractivity (Wildman–Crippen MR) is 135 cm³/mol. The second-order valence-electron chi connectivity index (χ2n) is 8.12. The number of Topliss-reactive ketones (excluding diaryl/α,β-unsaturated/α-hetero) is 1. The molecule has 0 aliphatic carbocycles. The molecule has 33 heavy (non-hydrogen) atoms. The highest BCUT2D eigenvalue weighted by Crippen LogP contribution is 2.33. The third-order valence-corrected chi connectivity index (χ3v) is 5.62. The van der Waals surface area contributed by atoms with Crippen LogP contribution in [-0.2, 0) is 4.79 Å². The molecule has 0 bridgehead atoms. The molecule has 0 unspecified atom stereocenters. The van der Waals surface area contributed by atoms with E-state index in [0.717, 1.165) is 16.8 Å². The van der Waals surface area contributed by atoms with Crippen LogP contribution < -0.4 is 0 Å². The Morgan fingerprint density at radius 2 is 1.15 bits per heavy atom. The summed E-state index contributed by atoms with van der Waals surface area (Å²) in [5.41, 5.74) is 7.47. The van der Waals surface area contributed by atoms with Crippen molar-refractivity contribution < 1.29 is 4.79 Å². The highest BCUT2D eigenvalue weighted by molar-refractivity contribution is 6.10. The standard InChI is InChI=1S/C31H21NO/c1-22-8-18-30-28(20-22)29-21-23(2)9-19-31(29)32(30)26-14-10-25(11-15-26)13-17-27(33)16-12-24-6-4-3-5-7-24/h3-11,14-15,18-21H,1-2H3. The summed E-state index contributed by atoms with van der Waals surface area (Å²) < 4.78 is 2.28. The van der Waals surface area contributed by atoms with Crippen molar-refractivity contribution in [2.24, 2.45) is 0 Å². The van der Waals surface area contributed by atoms with Crippen molar-refractivity contribution in [2.45, 2.75) is 13.8 Å². The molecule has 5 rings (SSSR count). The van der Waals surface area contributed by atoms with Crippen LogP contribution in [0.15, 0.2) is 91.0 Å². The number of carbonyl (C=O) groups excluding carboxylic acids is 1. The molecule has 0 aliphatic rings. The van der Waals surface area contributed by atoms with E-state index in [0.29, 0.717) is 0 Å². The van der Waals surface area contributed by atoms with Gasteiger partial charge in [-0.15, -0.1) is 0 Å². The van der Waals surface area contributed by atoms with Crippen molar-refractivity contribution >= 4 is 27.6 Å². The molecule has 0 N–H and O–H groups in total. The highest BCUT2D eigenvalue weighted by atomic mass is 16.1. The second-order valence-corrected chi connectivity index (χ2v) is 8.12. The van der Waals surface area contributed by atoms with Gasteiger partial charge in [0, 0.05) is 27.6 Å². The Hall–Kier alpha value is -4.53. The van der Waals surface area contributed by atoms with Crippen LogP contribution in [0.5, 0.6) is 0 Å². The average Bonchev–Trinajstić information content (AvgIpc) is 3.15. The van der Waals surface area contributed by atoms with E-state index in [4.69, 9.17) is 0 Å². The SMILES string of the molecule is Cc1ccc2c(c1)c1cc(C)ccc1n2-c1ccc(C#CC(=O)C#Cc2ccccc2)cc1. The molecule has 0 fully saturated rings. The molecule has 0 saturated carbocycles. The fraction of sp³-hybridized carbons (Fsp3) is 0.0645. The Bertz CT molecular complexity index is 1570. The predicted octanol–water partition coefficient (Wildman–Crippen LogP) is 6.37. The number of fused-ring (bicyclic) bond motifs is 3. The van der Waals surface area contributed by atoms with Gasteiger partial charge in [0.25, 0.3) is 5.78 Å². The van der Waals surface area contributed by atoms with E-state index >= 15 is 0 Å². The number of aromatic nitrogens is 1. The van der Waals surface area contributed by atoms with E-state index in [1.807, 2.05) is 54.6 Å². The van der Waals surface area contributed by atoms with Crippen LogP contribution in [-0.4, -0.2) is 10.4 Å². The van der Waals surface area contributed by atoms with E-state index < -0.39 is 5.78 Å². The molecule has 5 aromatic rings. The topological polar surface area (TPSA) is 22.0 Å². The minimum atomic E-state index is -0.393. The Kier molecular flexibility index (Phi) is 5.27. The molecule has 1 aromatic heterocycles. The lowest BCUT2D eigenvalue weighted by molar-refractivity contribution is -0.108. The molecule has 156 valence electrons. The summed E-state index contributed by atoms with van der Waals surface area (Å²) in [5.74, 6) is 10.6. The van der Waals surface area contributed by atoms with Crippen molar-refractivity contribution in [3.8, 4) is 29.4 Å². The number of carbonyl (C=O) groups is 1. The molecule has 0 saturated heterocycles. The third kappa shape index (κ3) is 4.16. The van der Waals surface area contributed by atoms with Crippen molar-refractivity contribution in [2.75, 3.05) is 0 Å². The second kappa shape index (κ2) is 8.54. The van der Waals surface area contributed by atoms with Crippen LogP contribution in [0, 0.1) is 37.5 Å². The van der Waals surface area contributed by atoms with Crippen LogP contribution >= 0.6 is 0 Å². The van der Waals surface area contributed by atoms with E-state index in [-0.39, 0.29) is 0 Å². The summed E-state index contributed by atoms with van der Waals surface area (Å²) in [5, 5.41) is 2.50. The van der Waals surface area contributed by atoms with Crippen LogP contribution in [0.2, 0.25) is 0 Å². The molecule has 0 atom stereocenters. The zero-order valence-corrected chi connectivity index (χ0v) is 18.5. The molecule has 1 heterocycles. The average molecular weight is 424 g/mol. The number of nitrogens with zero attached hydrogens (tertiary/aromatic N) is 1. The monoisotopic (exact) mass is 423 g/mol. The number of benzene rings is 4. The molecule has 0 aliphatic heterocycles. The molecule has 0 spiro atoms. The van der Waals surface area contributed by atoms with Gasteiger partial charge in [-0.25, -0.2) is 0 Å². The maximum Gasteiger partial charge on any atom is 0.279 e. The van der Waals surface area contributed by atoms with Crippen molar-refractivity contribution in [1.82, 2.24) is 4.57 Å². The summed E-state index contributed by atoms with van der Waals surface area (Å²) in [6, 6.07) is 30.5. The maximum atomic E-state index is 12.0. The number of aryl methyl sites for hydroxylation is 2. The molecule has 2 nitrogen and oxygen atoms in total. The molecule has 4 aromatic carbocycles. The van der Waals surface area contributed by atoms with Crippen LogP contribution in [0.4, 0.5) is 0 Å². The molecular formula is C31H21NO. The Balaban J connectivity index is 1.48. The van der Waals surface area contributed by atoms with Crippen LogP contribution in [0.1, 0.15) is 22.3 Å². The summed E-state index contributed by atoms with van der Waals surface area (Å²) >= 11 is 0. The van der Waals surface area contributed by atoms with E-state index in [9.17, 15) is 4.79 Å². The van der Waals surface area contributed by atoms with Gasteiger partial charge in [-0.05, 0) is 86.4 Å². The van der Waals surface area contributed by atoms with Gasteiger partial charge in [0.15, 0.2) is 0 Å². The molecule has 0 radical (unpaired) electrons. The minimum Gasteiger partial charge on any atom is -0.309 e. The van der Waals surface area contributed by atoms with Gasteiger partial charge < -0.3 is 4.57 Å². The molecular weight excluding hydrogens is 402 g/mol. The zero-order chi connectivity index (χ0) is 22.8. The number of hydrogen-bond donors (Lipinski definition) is 0. The number of rotatable bonds is 1. The van der Waals surface area contributed by atoms with Gasteiger partial charge >= 0.3 is 0 Å². The fourth-order valence-corrected chi connectivity index (χ4v) is 4.03. The fourth-order valence-electron chi connectivity index (χ4n) is 4.03. The summed E-state index contributed by atoms with van der Waals surface area (Å²) in [6.45, 7) is 4.24. The summed E-state index contributed by atoms with van der Waals surface area (Å²) in [4.78, 5) is 12.0. The Morgan fingerprint density at radius 1 is 0.636 bits per heavy atom. The maximum absolute atomic E-state index is 12.0. The number of ketones is 1. The first-order valence-electron chi connectivity index (χ1n) is 10.8. The smallest absolute Gasteiger partial charge is 0.279 e. The summed E-state index contributed by atoms with van der Waals surface area (Å²) in [7, 11) is 0. The highest BCUT2D eigenvalue weighted by Gasteiger charge is 2.12. The lowest BCUT2D eigenvalue weighted by Gasteiger charge is -2.08. The molecule has 0 amide bonds. The first-order valence-corrected chi connectivity index (χ1v) is 10.8. The lowest BCUT2D eigenvalue weighted by atomic mass is 10.1. The van der Waals surface area contributed by atoms with E-state index in [1.165, 1.54) is 32.9 Å². The quantitative estimate of drug-likeness (QED) is 0.287. The van der Waals surface area contributed by atoms with E-state index in [1.54, 1.807) is 0 Å².